The molecule has 1 unspecified atom stereocenters. The lowest BCUT2D eigenvalue weighted by Gasteiger charge is -2.21. The summed E-state index contributed by atoms with van der Waals surface area (Å²) in [6.07, 6.45) is 3.84. The van der Waals surface area contributed by atoms with Crippen molar-refractivity contribution < 1.29 is 0 Å². The van der Waals surface area contributed by atoms with Gasteiger partial charge in [0.05, 0.1) is 0 Å². The molecule has 0 saturated carbocycles. The van der Waals surface area contributed by atoms with E-state index in [0.29, 0.717) is 12.0 Å². The van der Waals surface area contributed by atoms with Crippen molar-refractivity contribution in [3.63, 3.8) is 0 Å². The van der Waals surface area contributed by atoms with Gasteiger partial charge in [0.2, 0.25) is 5.95 Å². The largest absolute Gasteiger partial charge is 0.313 e. The normalized spacial score (nSPS) is 15.4. The predicted octanol–water partition coefficient (Wildman–Crippen LogP) is 4.24. The second-order valence-corrected chi connectivity index (χ2v) is 6.07. The van der Waals surface area contributed by atoms with Crippen molar-refractivity contribution in [2.45, 2.75) is 54.5 Å². The van der Waals surface area contributed by atoms with Gasteiger partial charge < -0.3 is 4.57 Å². The molecule has 0 saturated heterocycles. The summed E-state index contributed by atoms with van der Waals surface area (Å²) < 4.78 is 2.15. The van der Waals surface area contributed by atoms with Gasteiger partial charge in [0.15, 0.2) is 0 Å². The summed E-state index contributed by atoms with van der Waals surface area (Å²) in [4.78, 5) is 9.01. The van der Waals surface area contributed by atoms with E-state index in [2.05, 4.69) is 63.0 Å². The van der Waals surface area contributed by atoms with Gasteiger partial charge in [-0.05, 0) is 19.8 Å². The topological polar surface area (TPSA) is 30.2 Å². The Kier molecular flexibility index (Phi) is 4.12. The maximum absolute atomic E-state index is 4.66. The van der Waals surface area contributed by atoms with E-state index in [0.717, 1.165) is 11.7 Å². The summed E-state index contributed by atoms with van der Waals surface area (Å²) in [6, 6.07) is 0.420. The minimum absolute atomic E-state index is 0.0951. The molecular formula is C14H25N3. The summed E-state index contributed by atoms with van der Waals surface area (Å²) in [5.41, 5.74) is 1.21. The number of rotatable bonds is 3. The first-order valence-corrected chi connectivity index (χ1v) is 6.32. The highest BCUT2D eigenvalue weighted by molar-refractivity contribution is 5.88. The molecular weight excluding hydrogens is 210 g/mol. The highest BCUT2D eigenvalue weighted by atomic mass is 15.2. The fourth-order valence-corrected chi connectivity index (χ4v) is 1.35. The quantitative estimate of drug-likeness (QED) is 0.721. The minimum atomic E-state index is 0.0951. The van der Waals surface area contributed by atoms with Crippen molar-refractivity contribution in [2.75, 3.05) is 0 Å². The molecule has 0 aliphatic heterocycles. The molecule has 96 valence electrons. The molecule has 17 heavy (non-hydrogen) atoms. The van der Waals surface area contributed by atoms with Crippen LogP contribution in [0.2, 0.25) is 0 Å². The molecule has 0 spiro atoms. The first-order valence-electron chi connectivity index (χ1n) is 6.32. The first-order chi connectivity index (χ1) is 7.73. The predicted molar refractivity (Wildman–Crippen MR) is 74.0 cm³/mol. The van der Waals surface area contributed by atoms with Gasteiger partial charge in [0.1, 0.15) is 0 Å². The minimum Gasteiger partial charge on any atom is -0.313 e. The van der Waals surface area contributed by atoms with Gasteiger partial charge in [-0.15, -0.1) is 0 Å². The zero-order valence-corrected chi connectivity index (χ0v) is 12.2. The van der Waals surface area contributed by atoms with Crippen LogP contribution in [0.15, 0.2) is 17.4 Å². The molecule has 1 aromatic rings. The molecule has 0 amide bonds. The fourth-order valence-electron chi connectivity index (χ4n) is 1.35. The van der Waals surface area contributed by atoms with Crippen LogP contribution in [0.5, 0.6) is 0 Å². The Labute approximate surface area is 105 Å². The van der Waals surface area contributed by atoms with Crippen LogP contribution in [0, 0.1) is 11.3 Å². The van der Waals surface area contributed by atoms with Crippen molar-refractivity contribution in [2.24, 2.45) is 16.3 Å². The molecule has 0 fully saturated rings. The van der Waals surface area contributed by atoms with Crippen LogP contribution in [-0.4, -0.2) is 15.3 Å². The third kappa shape index (κ3) is 3.42. The zero-order chi connectivity index (χ0) is 13.2. The maximum Gasteiger partial charge on any atom is 0.229 e. The molecule has 1 heterocycles. The second-order valence-electron chi connectivity index (χ2n) is 6.07. The van der Waals surface area contributed by atoms with E-state index in [1.165, 1.54) is 0 Å². The lowest BCUT2D eigenvalue weighted by Crippen LogP contribution is -2.17. The Bertz CT molecular complexity index is 394. The van der Waals surface area contributed by atoms with Crippen molar-refractivity contribution in [1.29, 1.82) is 0 Å². The molecule has 1 aromatic heterocycles. The number of nitrogens with zero attached hydrogens (tertiary/aromatic N) is 3. The Hall–Kier alpha value is -1.12. The molecule has 0 radical (unpaired) electrons. The number of imidazole rings is 1. The van der Waals surface area contributed by atoms with Gasteiger partial charge >= 0.3 is 0 Å². The second kappa shape index (κ2) is 5.03. The van der Waals surface area contributed by atoms with Crippen molar-refractivity contribution in [3.8, 4) is 0 Å². The molecule has 0 aliphatic carbocycles. The Morgan fingerprint density at radius 1 is 1.29 bits per heavy atom. The average Bonchev–Trinajstić information content (AvgIpc) is 2.63. The van der Waals surface area contributed by atoms with Crippen LogP contribution in [-0.2, 0) is 0 Å². The van der Waals surface area contributed by atoms with E-state index in [9.17, 15) is 0 Å². The Balaban J connectivity index is 3.06. The lowest BCUT2D eigenvalue weighted by molar-refractivity contribution is 0.410. The average molecular weight is 235 g/mol. The molecule has 0 aromatic carbocycles. The van der Waals surface area contributed by atoms with Gasteiger partial charge in [-0.2, -0.15) is 0 Å². The Morgan fingerprint density at radius 3 is 2.35 bits per heavy atom. The van der Waals surface area contributed by atoms with Crippen LogP contribution < -0.4 is 0 Å². The van der Waals surface area contributed by atoms with Crippen LogP contribution in [0.3, 0.4) is 0 Å². The van der Waals surface area contributed by atoms with E-state index in [4.69, 9.17) is 0 Å². The molecule has 0 N–H and O–H groups in total. The summed E-state index contributed by atoms with van der Waals surface area (Å²) in [6.45, 7) is 15.2. The Morgan fingerprint density at radius 2 is 1.88 bits per heavy atom. The molecule has 1 atom stereocenters. The van der Waals surface area contributed by atoms with E-state index >= 15 is 0 Å². The molecule has 0 bridgehead atoms. The summed E-state index contributed by atoms with van der Waals surface area (Å²) >= 11 is 0. The highest BCUT2D eigenvalue weighted by Gasteiger charge is 2.17. The van der Waals surface area contributed by atoms with Gasteiger partial charge in [0, 0.05) is 29.6 Å². The SMILES string of the molecule is C/C(=N\c1nccn1C(C)C(C)C)C(C)(C)C. The fraction of sp³-hybridized carbons (Fsp3) is 0.714. The monoisotopic (exact) mass is 235 g/mol. The first kappa shape index (κ1) is 13.9. The molecule has 3 heteroatoms. The molecule has 1 rings (SSSR count). The van der Waals surface area contributed by atoms with Crippen LogP contribution in [0.1, 0.15) is 54.5 Å². The van der Waals surface area contributed by atoms with Crippen molar-refractivity contribution in [3.05, 3.63) is 12.4 Å². The molecule has 3 nitrogen and oxygen atoms in total. The molecule has 0 aliphatic rings. The number of hydrogen-bond acceptors (Lipinski definition) is 2. The van der Waals surface area contributed by atoms with Gasteiger partial charge in [-0.1, -0.05) is 34.6 Å². The lowest BCUT2D eigenvalue weighted by atomic mass is 9.91. The number of hydrogen-bond donors (Lipinski definition) is 0. The smallest absolute Gasteiger partial charge is 0.229 e. The summed E-state index contributed by atoms with van der Waals surface area (Å²) in [5.74, 6) is 1.40. The third-order valence-corrected chi connectivity index (χ3v) is 3.40. The van der Waals surface area contributed by atoms with Crippen LogP contribution >= 0.6 is 0 Å². The van der Waals surface area contributed by atoms with Gasteiger partial charge in [-0.25, -0.2) is 9.98 Å². The van der Waals surface area contributed by atoms with E-state index in [1.807, 2.05) is 12.4 Å². The summed E-state index contributed by atoms with van der Waals surface area (Å²) in [7, 11) is 0. The van der Waals surface area contributed by atoms with Gasteiger partial charge in [0.25, 0.3) is 0 Å². The van der Waals surface area contributed by atoms with Crippen molar-refractivity contribution >= 4 is 11.7 Å². The zero-order valence-electron chi connectivity index (χ0n) is 12.2. The summed E-state index contributed by atoms with van der Waals surface area (Å²) in [5, 5.41) is 0. The van der Waals surface area contributed by atoms with Gasteiger partial charge in [-0.3, -0.25) is 0 Å². The van der Waals surface area contributed by atoms with Crippen LogP contribution in [0.4, 0.5) is 5.95 Å². The maximum atomic E-state index is 4.66. The third-order valence-electron chi connectivity index (χ3n) is 3.40. The number of aliphatic imine (C=N–C) groups is 1. The van der Waals surface area contributed by atoms with Crippen LogP contribution in [0.25, 0.3) is 0 Å². The van der Waals surface area contributed by atoms with E-state index in [1.54, 1.807) is 0 Å². The van der Waals surface area contributed by atoms with E-state index in [-0.39, 0.29) is 5.41 Å². The number of aromatic nitrogens is 2. The standard InChI is InChI=1S/C14H25N3/c1-10(2)11(3)17-9-8-15-13(17)16-12(4)14(5,6)7/h8-11H,1-7H3/b16-12+. The van der Waals surface area contributed by atoms with Crippen molar-refractivity contribution in [1.82, 2.24) is 9.55 Å². The van der Waals surface area contributed by atoms with E-state index < -0.39 is 0 Å². The highest BCUT2D eigenvalue weighted by Crippen LogP contribution is 2.25.